The Bertz CT molecular complexity index is 310. The first-order valence-corrected chi connectivity index (χ1v) is 7.50. The van der Waals surface area contributed by atoms with Crippen molar-refractivity contribution in [3.8, 4) is 0 Å². The Hall–Kier alpha value is -0.620. The Morgan fingerprint density at radius 2 is 1.69 bits per heavy atom. The molecule has 0 aromatic rings. The van der Waals surface area contributed by atoms with Crippen LogP contribution in [0.2, 0.25) is 0 Å². The van der Waals surface area contributed by atoms with Gasteiger partial charge in [0, 0.05) is 25.9 Å². The van der Waals surface area contributed by atoms with Gasteiger partial charge >= 0.3 is 0 Å². The third-order valence-electron chi connectivity index (χ3n) is 2.37. The first-order chi connectivity index (χ1) is 7.30. The number of nitrogens with zero attached hydrogens (tertiary/aromatic N) is 2. The molecule has 16 heavy (non-hydrogen) atoms. The van der Waals surface area contributed by atoms with Crippen molar-refractivity contribution in [3.63, 3.8) is 0 Å². The molecule has 0 aliphatic rings. The van der Waals surface area contributed by atoms with Crippen LogP contribution in [0.3, 0.4) is 0 Å². The quantitative estimate of drug-likeness (QED) is 0.629. The summed E-state index contributed by atoms with van der Waals surface area (Å²) < 4.78 is 21.9. The monoisotopic (exact) mass is 250 g/mol. The predicted molar refractivity (Wildman–Crippen MR) is 65.1 cm³/mol. The number of sulfone groups is 1. The van der Waals surface area contributed by atoms with Gasteiger partial charge in [-0.1, -0.05) is 0 Å². The van der Waals surface area contributed by atoms with Gasteiger partial charge in [-0.15, -0.1) is 0 Å². The van der Waals surface area contributed by atoms with Crippen LogP contribution in [0.15, 0.2) is 0 Å². The lowest BCUT2D eigenvalue weighted by Crippen LogP contribution is -2.40. The molecular formula is C10H22N2O3S. The van der Waals surface area contributed by atoms with Gasteiger partial charge in [0.1, 0.15) is 9.84 Å². The highest BCUT2D eigenvalue weighted by molar-refractivity contribution is 7.90. The topological polar surface area (TPSA) is 57.7 Å². The molecule has 0 saturated carbocycles. The van der Waals surface area contributed by atoms with Gasteiger partial charge in [-0.25, -0.2) is 8.42 Å². The Morgan fingerprint density at radius 1 is 1.19 bits per heavy atom. The summed E-state index contributed by atoms with van der Waals surface area (Å²) in [5.74, 6) is 0.135. The largest absolute Gasteiger partial charge is 0.342 e. The fourth-order valence-electron chi connectivity index (χ4n) is 1.31. The number of hydrogen-bond donors (Lipinski definition) is 0. The first-order valence-electron chi connectivity index (χ1n) is 5.44. The van der Waals surface area contributed by atoms with Crippen LogP contribution in [0.4, 0.5) is 0 Å². The average molecular weight is 250 g/mol. The highest BCUT2D eigenvalue weighted by Crippen LogP contribution is 1.93. The molecule has 0 aromatic carbocycles. The van der Waals surface area contributed by atoms with Crippen molar-refractivity contribution >= 4 is 15.7 Å². The fraction of sp³-hybridized carbons (Fsp3) is 0.900. The molecule has 0 unspecified atom stereocenters. The van der Waals surface area contributed by atoms with Crippen LogP contribution in [-0.2, 0) is 14.6 Å². The van der Waals surface area contributed by atoms with Gasteiger partial charge in [0.05, 0.1) is 12.3 Å². The molecule has 0 N–H and O–H groups in total. The summed E-state index contributed by atoms with van der Waals surface area (Å²) in [7, 11) is -1.20. The molecule has 1 amide bonds. The van der Waals surface area contributed by atoms with E-state index < -0.39 is 9.84 Å². The van der Waals surface area contributed by atoms with Gasteiger partial charge in [0.2, 0.25) is 5.91 Å². The molecule has 0 spiro atoms. The van der Waals surface area contributed by atoms with E-state index in [4.69, 9.17) is 0 Å². The van der Waals surface area contributed by atoms with E-state index in [-0.39, 0.29) is 18.2 Å². The predicted octanol–water partition coefficient (Wildman–Crippen LogP) is -0.169. The average Bonchev–Trinajstić information content (AvgIpc) is 2.15. The van der Waals surface area contributed by atoms with Crippen molar-refractivity contribution in [2.75, 3.05) is 45.2 Å². The second kappa shape index (κ2) is 6.85. The van der Waals surface area contributed by atoms with Gasteiger partial charge in [0.25, 0.3) is 0 Å². The van der Waals surface area contributed by atoms with Crippen molar-refractivity contribution in [2.45, 2.75) is 13.8 Å². The third-order valence-corrected chi connectivity index (χ3v) is 3.29. The number of carbonyl (C=O) groups is 1. The third kappa shape index (κ3) is 6.79. The Labute approximate surface area is 98.3 Å². The number of rotatable bonds is 7. The van der Waals surface area contributed by atoms with E-state index in [1.165, 1.54) is 6.26 Å². The maximum absolute atomic E-state index is 11.7. The Morgan fingerprint density at radius 3 is 2.06 bits per heavy atom. The van der Waals surface area contributed by atoms with Crippen LogP contribution in [-0.4, -0.2) is 69.4 Å². The summed E-state index contributed by atoms with van der Waals surface area (Å²) in [6.07, 6.45) is 1.20. The zero-order valence-electron chi connectivity index (χ0n) is 10.6. The molecule has 0 saturated heterocycles. The molecule has 0 rings (SSSR count). The Kier molecular flexibility index (Phi) is 6.59. The van der Waals surface area contributed by atoms with Gasteiger partial charge in [-0.3, -0.25) is 9.69 Å². The highest BCUT2D eigenvalue weighted by Gasteiger charge is 2.13. The van der Waals surface area contributed by atoms with Gasteiger partial charge in [0.15, 0.2) is 0 Å². The van der Waals surface area contributed by atoms with Gasteiger partial charge in [-0.05, 0) is 20.9 Å². The van der Waals surface area contributed by atoms with E-state index in [2.05, 4.69) is 0 Å². The molecule has 6 heteroatoms. The number of hydrogen-bond acceptors (Lipinski definition) is 4. The summed E-state index contributed by atoms with van der Waals surface area (Å²) >= 11 is 0. The smallest absolute Gasteiger partial charge is 0.236 e. The van der Waals surface area contributed by atoms with Crippen molar-refractivity contribution in [2.24, 2.45) is 0 Å². The van der Waals surface area contributed by atoms with Crippen molar-refractivity contribution in [1.29, 1.82) is 0 Å². The molecule has 0 bridgehead atoms. The van der Waals surface area contributed by atoms with E-state index in [0.717, 1.165) is 0 Å². The zero-order valence-corrected chi connectivity index (χ0v) is 11.4. The lowest BCUT2D eigenvalue weighted by molar-refractivity contribution is -0.131. The number of likely N-dealkylation sites (N-methyl/N-ethyl adjacent to an activating group) is 2. The molecule has 0 fully saturated rings. The van der Waals surface area contributed by atoms with Crippen LogP contribution in [0.25, 0.3) is 0 Å². The first kappa shape index (κ1) is 15.4. The highest BCUT2D eigenvalue weighted by atomic mass is 32.2. The molecular weight excluding hydrogens is 228 g/mol. The van der Waals surface area contributed by atoms with Gasteiger partial charge in [-0.2, -0.15) is 0 Å². The maximum Gasteiger partial charge on any atom is 0.236 e. The summed E-state index contributed by atoms with van der Waals surface area (Å²) in [5, 5.41) is 0. The molecule has 0 atom stereocenters. The molecule has 0 aliphatic carbocycles. The minimum Gasteiger partial charge on any atom is -0.342 e. The minimum atomic E-state index is -2.95. The summed E-state index contributed by atoms with van der Waals surface area (Å²) in [6.45, 7) is 5.91. The summed E-state index contributed by atoms with van der Waals surface area (Å²) in [4.78, 5) is 15.1. The van der Waals surface area contributed by atoms with Gasteiger partial charge < -0.3 is 4.90 Å². The van der Waals surface area contributed by atoms with Crippen molar-refractivity contribution in [3.05, 3.63) is 0 Å². The van der Waals surface area contributed by atoms with E-state index >= 15 is 0 Å². The van der Waals surface area contributed by atoms with Crippen LogP contribution in [0.1, 0.15) is 13.8 Å². The molecule has 0 radical (unpaired) electrons. The number of carbonyl (C=O) groups excluding carboxylic acids is 1. The molecule has 0 heterocycles. The van der Waals surface area contributed by atoms with Crippen LogP contribution >= 0.6 is 0 Å². The zero-order chi connectivity index (χ0) is 12.8. The van der Waals surface area contributed by atoms with Crippen molar-refractivity contribution in [1.82, 2.24) is 9.80 Å². The second-order valence-corrected chi connectivity index (χ2v) is 6.19. The minimum absolute atomic E-state index is 0.0426. The molecule has 0 aromatic heterocycles. The molecule has 0 aliphatic heterocycles. The molecule has 5 nitrogen and oxygen atoms in total. The normalized spacial score (nSPS) is 11.8. The summed E-state index contributed by atoms with van der Waals surface area (Å²) in [5.41, 5.74) is 0. The fourth-order valence-corrected chi connectivity index (χ4v) is 1.95. The van der Waals surface area contributed by atoms with E-state index in [0.29, 0.717) is 19.6 Å². The lowest BCUT2D eigenvalue weighted by Gasteiger charge is -2.22. The van der Waals surface area contributed by atoms with Crippen LogP contribution in [0.5, 0.6) is 0 Å². The van der Waals surface area contributed by atoms with Crippen LogP contribution < -0.4 is 0 Å². The SMILES string of the molecule is CCN(CC)C(=O)CN(C)CCS(C)(=O)=O. The summed E-state index contributed by atoms with van der Waals surface area (Å²) in [6, 6.07) is 0. The van der Waals surface area contributed by atoms with Crippen molar-refractivity contribution < 1.29 is 13.2 Å². The maximum atomic E-state index is 11.7. The van der Waals surface area contributed by atoms with E-state index in [1.807, 2.05) is 13.8 Å². The standard InChI is InChI=1S/C10H22N2O3S/c1-5-12(6-2)10(13)9-11(3)7-8-16(4,14)15/h5-9H2,1-4H3. The Balaban J connectivity index is 4.05. The van der Waals surface area contributed by atoms with E-state index in [1.54, 1.807) is 16.8 Å². The number of amides is 1. The van der Waals surface area contributed by atoms with Crippen LogP contribution in [0, 0.1) is 0 Å². The molecule has 96 valence electrons. The lowest BCUT2D eigenvalue weighted by atomic mass is 10.4. The van der Waals surface area contributed by atoms with E-state index in [9.17, 15) is 13.2 Å². The second-order valence-electron chi connectivity index (χ2n) is 3.93.